The Bertz CT molecular complexity index is 390. The van der Waals surface area contributed by atoms with Crippen LogP contribution in [0.15, 0.2) is 6.07 Å². The molecule has 1 aliphatic rings. The number of hydrogen-bond donors (Lipinski definition) is 3. The van der Waals surface area contributed by atoms with Crippen LogP contribution >= 0.6 is 0 Å². The molecule has 0 aromatic carbocycles. The summed E-state index contributed by atoms with van der Waals surface area (Å²) in [5.41, 5.74) is 2.58. The molecule has 0 saturated carbocycles. The van der Waals surface area contributed by atoms with Crippen LogP contribution in [0.5, 0.6) is 0 Å². The maximum Gasteiger partial charge on any atom is 0.145 e. The summed E-state index contributed by atoms with van der Waals surface area (Å²) in [5.74, 6) is 7.97. The average Bonchev–Trinajstić information content (AvgIpc) is 2.39. The number of anilines is 2. The molecule has 1 aromatic heterocycles. The number of nitrogens with one attached hydrogen (secondary N) is 2. The van der Waals surface area contributed by atoms with E-state index in [4.69, 9.17) is 10.6 Å². The lowest BCUT2D eigenvalue weighted by molar-refractivity contribution is 0.0904. The van der Waals surface area contributed by atoms with Crippen molar-refractivity contribution in [2.75, 3.05) is 24.0 Å². The van der Waals surface area contributed by atoms with Gasteiger partial charge in [-0.2, -0.15) is 0 Å². The van der Waals surface area contributed by atoms with Crippen LogP contribution in [0, 0.1) is 0 Å². The van der Waals surface area contributed by atoms with Gasteiger partial charge in [0.05, 0.1) is 0 Å². The lowest BCUT2D eigenvalue weighted by Gasteiger charge is -2.24. The Morgan fingerprint density at radius 3 is 2.56 bits per heavy atom. The van der Waals surface area contributed by atoms with Gasteiger partial charge in [-0.1, -0.05) is 13.8 Å². The van der Waals surface area contributed by atoms with Crippen molar-refractivity contribution >= 4 is 11.6 Å². The molecule has 6 heteroatoms. The molecule has 0 spiro atoms. The molecule has 0 aliphatic carbocycles. The van der Waals surface area contributed by atoms with Crippen molar-refractivity contribution in [3.63, 3.8) is 0 Å². The van der Waals surface area contributed by atoms with Crippen molar-refractivity contribution in [3.05, 3.63) is 11.9 Å². The number of nitrogen functional groups attached to an aromatic ring is 1. The Hall–Kier alpha value is -1.40. The number of nitrogens with two attached hydrogens (primary N) is 1. The summed E-state index contributed by atoms with van der Waals surface area (Å²) in [4.78, 5) is 8.85. The monoisotopic (exact) mass is 251 g/mol. The topological polar surface area (TPSA) is 85.1 Å². The van der Waals surface area contributed by atoms with Crippen LogP contribution in [0.3, 0.4) is 0 Å². The quantitative estimate of drug-likeness (QED) is 0.555. The summed E-state index contributed by atoms with van der Waals surface area (Å²) in [6.45, 7) is 5.74. The molecule has 0 radical (unpaired) electrons. The number of hydrogen-bond acceptors (Lipinski definition) is 6. The standard InChI is InChI=1S/C12H21N5O/c1-8(2)12-15-10(7-11(16-12)17-13)14-9-3-5-18-6-4-9/h7-9H,3-6,13H2,1-2H3,(H2,14,15,16,17). The van der Waals surface area contributed by atoms with Gasteiger partial charge >= 0.3 is 0 Å². The molecule has 0 atom stereocenters. The molecule has 1 saturated heterocycles. The van der Waals surface area contributed by atoms with Gasteiger partial charge in [-0.05, 0) is 12.8 Å². The van der Waals surface area contributed by atoms with Gasteiger partial charge in [0.2, 0.25) is 0 Å². The normalized spacial score (nSPS) is 16.9. The molecule has 1 aromatic rings. The first-order valence-electron chi connectivity index (χ1n) is 6.39. The summed E-state index contributed by atoms with van der Waals surface area (Å²) in [6.07, 6.45) is 2.01. The second kappa shape index (κ2) is 5.97. The first-order chi connectivity index (χ1) is 8.69. The maximum absolute atomic E-state index is 5.43. The van der Waals surface area contributed by atoms with Crippen molar-refractivity contribution in [2.45, 2.75) is 38.6 Å². The minimum absolute atomic E-state index is 0.272. The second-order valence-corrected chi connectivity index (χ2v) is 4.83. The van der Waals surface area contributed by atoms with Gasteiger partial charge in [-0.3, -0.25) is 0 Å². The zero-order chi connectivity index (χ0) is 13.0. The van der Waals surface area contributed by atoms with Gasteiger partial charge in [0.25, 0.3) is 0 Å². The van der Waals surface area contributed by atoms with Gasteiger partial charge in [0.15, 0.2) is 0 Å². The predicted molar refractivity (Wildman–Crippen MR) is 71.4 cm³/mol. The van der Waals surface area contributed by atoms with E-state index in [2.05, 4.69) is 34.6 Å². The van der Waals surface area contributed by atoms with Crippen molar-refractivity contribution in [1.82, 2.24) is 9.97 Å². The number of aromatic nitrogens is 2. The van der Waals surface area contributed by atoms with E-state index in [0.717, 1.165) is 37.7 Å². The van der Waals surface area contributed by atoms with Crippen molar-refractivity contribution in [2.24, 2.45) is 5.84 Å². The van der Waals surface area contributed by atoms with Crippen LogP contribution < -0.4 is 16.6 Å². The predicted octanol–water partition coefficient (Wildman–Crippen LogP) is 1.48. The van der Waals surface area contributed by atoms with E-state index in [9.17, 15) is 0 Å². The maximum atomic E-state index is 5.43. The van der Waals surface area contributed by atoms with Crippen LogP contribution in [0.4, 0.5) is 11.6 Å². The average molecular weight is 251 g/mol. The second-order valence-electron chi connectivity index (χ2n) is 4.83. The zero-order valence-electron chi connectivity index (χ0n) is 10.9. The van der Waals surface area contributed by atoms with Crippen LogP contribution in [0.1, 0.15) is 38.4 Å². The van der Waals surface area contributed by atoms with E-state index in [0.29, 0.717) is 11.9 Å². The lowest BCUT2D eigenvalue weighted by Crippen LogP contribution is -2.28. The van der Waals surface area contributed by atoms with Crippen LogP contribution in [0.25, 0.3) is 0 Å². The fourth-order valence-corrected chi connectivity index (χ4v) is 1.92. The number of nitrogens with zero attached hydrogens (tertiary/aromatic N) is 2. The van der Waals surface area contributed by atoms with Gasteiger partial charge in [0.1, 0.15) is 17.5 Å². The molecule has 1 aliphatic heterocycles. The fraction of sp³-hybridized carbons (Fsp3) is 0.667. The Labute approximate surface area is 107 Å². The van der Waals surface area contributed by atoms with E-state index in [1.54, 1.807) is 0 Å². The molecule has 0 amide bonds. The lowest BCUT2D eigenvalue weighted by atomic mass is 10.1. The van der Waals surface area contributed by atoms with Crippen molar-refractivity contribution in [3.8, 4) is 0 Å². The molecule has 1 fully saturated rings. The largest absolute Gasteiger partial charge is 0.381 e. The van der Waals surface area contributed by atoms with Gasteiger partial charge in [-0.15, -0.1) is 0 Å². The minimum atomic E-state index is 0.272. The molecule has 2 rings (SSSR count). The van der Waals surface area contributed by atoms with Crippen LogP contribution in [0.2, 0.25) is 0 Å². The number of rotatable bonds is 4. The SMILES string of the molecule is CC(C)c1nc(NN)cc(NC2CCOCC2)n1. The fourth-order valence-electron chi connectivity index (χ4n) is 1.92. The molecule has 0 unspecified atom stereocenters. The zero-order valence-corrected chi connectivity index (χ0v) is 10.9. The van der Waals surface area contributed by atoms with Crippen LogP contribution in [-0.2, 0) is 4.74 Å². The first-order valence-corrected chi connectivity index (χ1v) is 6.39. The highest BCUT2D eigenvalue weighted by molar-refractivity contribution is 5.47. The molecular weight excluding hydrogens is 230 g/mol. The molecule has 4 N–H and O–H groups in total. The number of hydrazine groups is 1. The van der Waals surface area contributed by atoms with E-state index < -0.39 is 0 Å². The first kappa shape index (κ1) is 13.0. The highest BCUT2D eigenvalue weighted by Gasteiger charge is 2.15. The Balaban J connectivity index is 2.12. The summed E-state index contributed by atoms with van der Waals surface area (Å²) >= 11 is 0. The molecular formula is C12H21N5O. The van der Waals surface area contributed by atoms with Crippen LogP contribution in [-0.4, -0.2) is 29.2 Å². The highest BCUT2D eigenvalue weighted by Crippen LogP contribution is 2.19. The van der Waals surface area contributed by atoms with E-state index >= 15 is 0 Å². The summed E-state index contributed by atoms with van der Waals surface area (Å²) in [6, 6.07) is 2.25. The Morgan fingerprint density at radius 2 is 1.94 bits per heavy atom. The number of ether oxygens (including phenoxy) is 1. The van der Waals surface area contributed by atoms with E-state index in [-0.39, 0.29) is 5.92 Å². The van der Waals surface area contributed by atoms with Crippen molar-refractivity contribution < 1.29 is 4.74 Å². The molecule has 2 heterocycles. The third-order valence-corrected chi connectivity index (χ3v) is 2.98. The highest BCUT2D eigenvalue weighted by atomic mass is 16.5. The van der Waals surface area contributed by atoms with Gasteiger partial charge in [0, 0.05) is 31.2 Å². The smallest absolute Gasteiger partial charge is 0.145 e. The molecule has 100 valence electrons. The summed E-state index contributed by atoms with van der Waals surface area (Å²) < 4.78 is 5.34. The third kappa shape index (κ3) is 3.30. The van der Waals surface area contributed by atoms with Gasteiger partial charge in [-0.25, -0.2) is 15.8 Å². The van der Waals surface area contributed by atoms with Gasteiger partial charge < -0.3 is 15.5 Å². The Morgan fingerprint density at radius 1 is 1.28 bits per heavy atom. The summed E-state index contributed by atoms with van der Waals surface area (Å²) in [5, 5.41) is 3.42. The third-order valence-electron chi connectivity index (χ3n) is 2.98. The Kier molecular flexibility index (Phi) is 4.33. The molecule has 6 nitrogen and oxygen atoms in total. The minimum Gasteiger partial charge on any atom is -0.381 e. The van der Waals surface area contributed by atoms with E-state index in [1.807, 2.05) is 6.07 Å². The summed E-state index contributed by atoms with van der Waals surface area (Å²) in [7, 11) is 0. The molecule has 0 bridgehead atoms. The van der Waals surface area contributed by atoms with Crippen molar-refractivity contribution in [1.29, 1.82) is 0 Å². The van der Waals surface area contributed by atoms with E-state index in [1.165, 1.54) is 0 Å². The molecule has 18 heavy (non-hydrogen) atoms.